The molecular formula is C15H11ClN2O2. The highest BCUT2D eigenvalue weighted by Gasteiger charge is 2.07. The van der Waals surface area contributed by atoms with Crippen molar-refractivity contribution in [3.63, 3.8) is 0 Å². The summed E-state index contributed by atoms with van der Waals surface area (Å²) in [4.78, 5) is 11.7. The fourth-order valence-corrected chi connectivity index (χ4v) is 1.78. The number of benzene rings is 2. The standard InChI is InChI=1S/C15H11ClN2O2/c16-13-8-11(9-17)6-7-14(13)20-10-15(19)18-12-4-2-1-3-5-12/h1-8H,10H2,(H,18,19). The van der Waals surface area contributed by atoms with E-state index in [1.807, 2.05) is 24.3 Å². The molecule has 0 heterocycles. The Balaban J connectivity index is 1.92. The van der Waals surface area contributed by atoms with Gasteiger partial charge in [0, 0.05) is 5.69 Å². The highest BCUT2D eigenvalue weighted by atomic mass is 35.5. The van der Waals surface area contributed by atoms with Gasteiger partial charge in [0.1, 0.15) is 5.75 Å². The molecule has 5 heteroatoms. The summed E-state index contributed by atoms with van der Waals surface area (Å²) in [6, 6.07) is 15.7. The van der Waals surface area contributed by atoms with E-state index in [0.717, 1.165) is 0 Å². The van der Waals surface area contributed by atoms with Crippen LogP contribution >= 0.6 is 11.6 Å². The molecule has 2 aromatic rings. The van der Waals surface area contributed by atoms with Crippen LogP contribution in [0.25, 0.3) is 0 Å². The quantitative estimate of drug-likeness (QED) is 0.938. The fraction of sp³-hybridized carbons (Fsp3) is 0.0667. The number of amides is 1. The van der Waals surface area contributed by atoms with Crippen molar-refractivity contribution in [2.75, 3.05) is 11.9 Å². The van der Waals surface area contributed by atoms with Gasteiger partial charge in [-0.1, -0.05) is 29.8 Å². The van der Waals surface area contributed by atoms with E-state index in [1.165, 1.54) is 6.07 Å². The lowest BCUT2D eigenvalue weighted by atomic mass is 10.2. The van der Waals surface area contributed by atoms with Crippen molar-refractivity contribution in [2.45, 2.75) is 0 Å². The van der Waals surface area contributed by atoms with Gasteiger partial charge in [-0.3, -0.25) is 4.79 Å². The topological polar surface area (TPSA) is 62.1 Å². The molecule has 0 radical (unpaired) electrons. The van der Waals surface area contributed by atoms with Crippen LogP contribution in [-0.2, 0) is 4.79 Å². The van der Waals surface area contributed by atoms with Gasteiger partial charge in [0.05, 0.1) is 16.7 Å². The second-order valence-corrected chi connectivity index (χ2v) is 4.37. The Labute approximate surface area is 121 Å². The molecule has 0 saturated carbocycles. The van der Waals surface area contributed by atoms with Gasteiger partial charge in [-0.2, -0.15) is 5.26 Å². The average Bonchev–Trinajstić information content (AvgIpc) is 2.47. The predicted molar refractivity (Wildman–Crippen MR) is 76.7 cm³/mol. The Morgan fingerprint density at radius 2 is 2.00 bits per heavy atom. The maximum absolute atomic E-state index is 11.7. The number of carbonyl (C=O) groups excluding carboxylic acids is 1. The minimum atomic E-state index is -0.281. The highest BCUT2D eigenvalue weighted by molar-refractivity contribution is 6.32. The molecule has 0 saturated heterocycles. The third-order valence-corrected chi connectivity index (χ3v) is 2.77. The zero-order valence-electron chi connectivity index (χ0n) is 10.5. The van der Waals surface area contributed by atoms with Crippen molar-refractivity contribution in [1.82, 2.24) is 0 Å². The van der Waals surface area contributed by atoms with E-state index in [4.69, 9.17) is 21.6 Å². The van der Waals surface area contributed by atoms with Crippen LogP contribution in [0, 0.1) is 11.3 Å². The monoisotopic (exact) mass is 286 g/mol. The molecule has 0 spiro atoms. The van der Waals surface area contributed by atoms with E-state index in [0.29, 0.717) is 22.0 Å². The Kier molecular flexibility index (Phi) is 4.59. The number of nitrogens with zero attached hydrogens (tertiary/aromatic N) is 1. The highest BCUT2D eigenvalue weighted by Crippen LogP contribution is 2.25. The molecule has 0 aromatic heterocycles. The molecule has 2 aromatic carbocycles. The van der Waals surface area contributed by atoms with Crippen LogP contribution in [0.2, 0.25) is 5.02 Å². The Morgan fingerprint density at radius 1 is 1.25 bits per heavy atom. The van der Waals surface area contributed by atoms with Crippen LogP contribution < -0.4 is 10.1 Å². The minimum Gasteiger partial charge on any atom is -0.482 e. The maximum Gasteiger partial charge on any atom is 0.262 e. The third-order valence-electron chi connectivity index (χ3n) is 2.48. The first kappa shape index (κ1) is 13.9. The number of anilines is 1. The molecule has 1 amide bonds. The van der Waals surface area contributed by atoms with Gasteiger partial charge in [0.15, 0.2) is 6.61 Å². The van der Waals surface area contributed by atoms with Gasteiger partial charge in [-0.05, 0) is 30.3 Å². The molecule has 0 aliphatic rings. The number of rotatable bonds is 4. The number of nitriles is 1. The molecule has 4 nitrogen and oxygen atoms in total. The van der Waals surface area contributed by atoms with Crippen molar-refractivity contribution in [3.05, 3.63) is 59.1 Å². The Hall–Kier alpha value is -2.51. The van der Waals surface area contributed by atoms with E-state index in [9.17, 15) is 4.79 Å². The van der Waals surface area contributed by atoms with Crippen LogP contribution in [0.15, 0.2) is 48.5 Å². The van der Waals surface area contributed by atoms with Crippen molar-refractivity contribution in [2.24, 2.45) is 0 Å². The number of ether oxygens (including phenoxy) is 1. The maximum atomic E-state index is 11.7. The zero-order chi connectivity index (χ0) is 14.4. The number of nitrogens with one attached hydrogen (secondary N) is 1. The smallest absolute Gasteiger partial charge is 0.262 e. The SMILES string of the molecule is N#Cc1ccc(OCC(=O)Nc2ccccc2)c(Cl)c1. The van der Waals surface area contributed by atoms with Gasteiger partial charge in [-0.25, -0.2) is 0 Å². The van der Waals surface area contributed by atoms with Crippen molar-refractivity contribution >= 4 is 23.2 Å². The molecule has 2 rings (SSSR count). The van der Waals surface area contributed by atoms with Crippen molar-refractivity contribution in [3.8, 4) is 11.8 Å². The first-order valence-electron chi connectivity index (χ1n) is 5.86. The number of carbonyl (C=O) groups is 1. The zero-order valence-corrected chi connectivity index (χ0v) is 11.2. The first-order chi connectivity index (χ1) is 9.69. The molecule has 0 aliphatic carbocycles. The van der Waals surface area contributed by atoms with Crippen LogP contribution in [-0.4, -0.2) is 12.5 Å². The lowest BCUT2D eigenvalue weighted by molar-refractivity contribution is -0.118. The molecule has 0 bridgehead atoms. The molecule has 100 valence electrons. The van der Waals surface area contributed by atoms with Crippen LogP contribution in [0.3, 0.4) is 0 Å². The number of para-hydroxylation sites is 1. The number of hydrogen-bond donors (Lipinski definition) is 1. The lowest BCUT2D eigenvalue weighted by Gasteiger charge is -2.08. The Bertz CT molecular complexity index is 651. The Morgan fingerprint density at radius 3 is 2.65 bits per heavy atom. The van der Waals surface area contributed by atoms with E-state index in [1.54, 1.807) is 24.3 Å². The van der Waals surface area contributed by atoms with Gasteiger partial charge in [0.2, 0.25) is 0 Å². The summed E-state index contributed by atoms with van der Waals surface area (Å²) in [5, 5.41) is 11.7. The van der Waals surface area contributed by atoms with Gasteiger partial charge >= 0.3 is 0 Å². The number of halogens is 1. The van der Waals surface area contributed by atoms with E-state index < -0.39 is 0 Å². The molecular weight excluding hydrogens is 276 g/mol. The van der Waals surface area contributed by atoms with Gasteiger partial charge in [0.25, 0.3) is 5.91 Å². The van der Waals surface area contributed by atoms with Crippen LogP contribution in [0.5, 0.6) is 5.75 Å². The lowest BCUT2D eigenvalue weighted by Crippen LogP contribution is -2.20. The summed E-state index contributed by atoms with van der Waals surface area (Å²) >= 11 is 5.94. The molecule has 0 atom stereocenters. The summed E-state index contributed by atoms with van der Waals surface area (Å²) in [7, 11) is 0. The second kappa shape index (κ2) is 6.60. The first-order valence-corrected chi connectivity index (χ1v) is 6.24. The predicted octanol–water partition coefficient (Wildman–Crippen LogP) is 3.23. The summed E-state index contributed by atoms with van der Waals surface area (Å²) in [5.74, 6) is 0.0884. The summed E-state index contributed by atoms with van der Waals surface area (Å²) in [6.07, 6.45) is 0. The van der Waals surface area contributed by atoms with Crippen molar-refractivity contribution in [1.29, 1.82) is 5.26 Å². The molecule has 20 heavy (non-hydrogen) atoms. The summed E-state index contributed by atoms with van der Waals surface area (Å²) in [6.45, 7) is -0.152. The molecule has 1 N–H and O–H groups in total. The normalized spacial score (nSPS) is 9.60. The van der Waals surface area contributed by atoms with E-state index >= 15 is 0 Å². The van der Waals surface area contributed by atoms with Crippen molar-refractivity contribution < 1.29 is 9.53 Å². The van der Waals surface area contributed by atoms with Gasteiger partial charge < -0.3 is 10.1 Å². The number of hydrogen-bond acceptors (Lipinski definition) is 3. The fourth-order valence-electron chi connectivity index (χ4n) is 1.55. The van der Waals surface area contributed by atoms with E-state index in [-0.39, 0.29) is 12.5 Å². The second-order valence-electron chi connectivity index (χ2n) is 3.96. The molecule has 0 unspecified atom stereocenters. The summed E-state index contributed by atoms with van der Waals surface area (Å²) in [5.41, 5.74) is 1.14. The van der Waals surface area contributed by atoms with Crippen LogP contribution in [0.4, 0.5) is 5.69 Å². The summed E-state index contributed by atoms with van der Waals surface area (Å²) < 4.78 is 5.32. The molecule has 0 fully saturated rings. The third kappa shape index (κ3) is 3.74. The van der Waals surface area contributed by atoms with E-state index in [2.05, 4.69) is 5.32 Å². The minimum absolute atomic E-state index is 0.152. The largest absolute Gasteiger partial charge is 0.482 e. The average molecular weight is 287 g/mol. The van der Waals surface area contributed by atoms with Gasteiger partial charge in [-0.15, -0.1) is 0 Å². The van der Waals surface area contributed by atoms with Crippen LogP contribution in [0.1, 0.15) is 5.56 Å². The molecule has 0 aliphatic heterocycles.